The lowest BCUT2D eigenvalue weighted by Crippen LogP contribution is -2.35. The predicted molar refractivity (Wildman–Crippen MR) is 104 cm³/mol. The highest BCUT2D eigenvalue weighted by atomic mass is 35.5. The number of aromatic amines is 1. The van der Waals surface area contributed by atoms with Crippen LogP contribution in [0.4, 0.5) is 0 Å². The number of aromatic nitrogens is 3. The number of hydrogen-bond donors (Lipinski definition) is 2. The highest BCUT2D eigenvalue weighted by Crippen LogP contribution is 2.33. The summed E-state index contributed by atoms with van der Waals surface area (Å²) in [5, 5.41) is 10.2. The number of fused-ring (bicyclic) bond motifs is 1. The molecule has 0 fully saturated rings. The molecule has 0 amide bonds. The largest absolute Gasteiger partial charge is 0.505 e. The van der Waals surface area contributed by atoms with Crippen LogP contribution in [0, 0.1) is 0 Å². The molecule has 0 unspecified atom stereocenters. The summed E-state index contributed by atoms with van der Waals surface area (Å²) in [5.74, 6) is 0.358. The van der Waals surface area contributed by atoms with Crippen LogP contribution >= 0.6 is 23.2 Å². The van der Waals surface area contributed by atoms with Crippen molar-refractivity contribution in [2.24, 2.45) is 0 Å². The molecule has 1 aliphatic rings. The maximum atomic E-state index is 12.4. The van der Waals surface area contributed by atoms with E-state index in [1.807, 2.05) is 18.2 Å². The number of halogens is 2. The Morgan fingerprint density at radius 1 is 1.22 bits per heavy atom. The number of pyridine rings is 1. The molecule has 4 rings (SSSR count). The molecular weight excluding hydrogens is 387 g/mol. The van der Waals surface area contributed by atoms with Crippen molar-refractivity contribution < 1.29 is 5.11 Å². The van der Waals surface area contributed by atoms with E-state index < -0.39 is 0 Å². The van der Waals surface area contributed by atoms with Gasteiger partial charge in [0, 0.05) is 31.4 Å². The fraction of sp³-hybridized carbons (Fsp3) is 0.211. The van der Waals surface area contributed by atoms with E-state index in [0.29, 0.717) is 36.6 Å². The zero-order chi connectivity index (χ0) is 19.0. The molecule has 0 radical (unpaired) electrons. The number of hydrogen-bond acceptors (Lipinski definition) is 5. The van der Waals surface area contributed by atoms with E-state index in [9.17, 15) is 9.90 Å². The summed E-state index contributed by atoms with van der Waals surface area (Å²) in [6.07, 6.45) is 2.28. The average molecular weight is 403 g/mol. The number of rotatable bonds is 3. The molecule has 0 saturated carbocycles. The Kier molecular flexibility index (Phi) is 4.86. The van der Waals surface area contributed by atoms with Gasteiger partial charge in [0.2, 0.25) is 0 Å². The molecule has 2 N–H and O–H groups in total. The van der Waals surface area contributed by atoms with Crippen LogP contribution in [0.3, 0.4) is 0 Å². The van der Waals surface area contributed by atoms with Crippen molar-refractivity contribution in [1.29, 1.82) is 0 Å². The maximum absolute atomic E-state index is 12.4. The first-order valence-corrected chi connectivity index (χ1v) is 9.19. The van der Waals surface area contributed by atoms with Crippen LogP contribution in [-0.4, -0.2) is 31.5 Å². The van der Waals surface area contributed by atoms with Gasteiger partial charge in [-0.3, -0.25) is 14.7 Å². The molecule has 0 spiro atoms. The van der Waals surface area contributed by atoms with Crippen molar-refractivity contribution in [3.63, 3.8) is 0 Å². The van der Waals surface area contributed by atoms with Gasteiger partial charge in [-0.25, -0.2) is 4.98 Å². The van der Waals surface area contributed by atoms with Crippen LogP contribution in [0.2, 0.25) is 10.0 Å². The zero-order valence-corrected chi connectivity index (χ0v) is 15.8. The lowest BCUT2D eigenvalue weighted by Gasteiger charge is -2.27. The zero-order valence-electron chi connectivity index (χ0n) is 14.2. The van der Waals surface area contributed by atoms with Crippen molar-refractivity contribution in [3.05, 3.63) is 73.7 Å². The van der Waals surface area contributed by atoms with Gasteiger partial charge in [0.15, 0.2) is 11.6 Å². The number of nitrogens with one attached hydrogen (secondary N) is 1. The number of phenolic OH excluding ortho intramolecular Hbond substituents is 1. The van der Waals surface area contributed by atoms with Gasteiger partial charge >= 0.3 is 0 Å². The second kappa shape index (κ2) is 7.31. The summed E-state index contributed by atoms with van der Waals surface area (Å²) < 4.78 is 0. The number of nitrogens with zero attached hydrogens (tertiary/aromatic N) is 3. The van der Waals surface area contributed by atoms with Crippen LogP contribution < -0.4 is 5.56 Å². The van der Waals surface area contributed by atoms with Gasteiger partial charge < -0.3 is 10.1 Å². The van der Waals surface area contributed by atoms with Crippen LogP contribution in [-0.2, 0) is 19.5 Å². The van der Waals surface area contributed by atoms with Gasteiger partial charge in [0.25, 0.3) is 5.56 Å². The highest BCUT2D eigenvalue weighted by molar-refractivity contribution is 6.37. The van der Waals surface area contributed by atoms with Gasteiger partial charge in [0.05, 0.1) is 15.7 Å². The highest BCUT2D eigenvalue weighted by Gasteiger charge is 2.22. The summed E-state index contributed by atoms with van der Waals surface area (Å²) in [6.45, 7) is 1.85. The first-order chi connectivity index (χ1) is 13.0. The van der Waals surface area contributed by atoms with Gasteiger partial charge in [-0.2, -0.15) is 0 Å². The average Bonchev–Trinajstić information content (AvgIpc) is 2.66. The lowest BCUT2D eigenvalue weighted by molar-refractivity contribution is 0.240. The Bertz CT molecular complexity index is 1030. The summed E-state index contributed by atoms with van der Waals surface area (Å²) in [7, 11) is 0. The molecule has 8 heteroatoms. The summed E-state index contributed by atoms with van der Waals surface area (Å²) in [4.78, 5) is 26.3. The quantitative estimate of drug-likeness (QED) is 0.701. The first-order valence-electron chi connectivity index (χ1n) is 8.44. The monoisotopic (exact) mass is 402 g/mol. The van der Waals surface area contributed by atoms with Crippen molar-refractivity contribution >= 4 is 23.2 Å². The van der Waals surface area contributed by atoms with Crippen molar-refractivity contribution in [2.45, 2.75) is 19.5 Å². The van der Waals surface area contributed by atoms with E-state index in [4.69, 9.17) is 23.2 Å². The maximum Gasteiger partial charge on any atom is 0.254 e. The fourth-order valence-electron chi connectivity index (χ4n) is 3.22. The number of phenols is 1. The molecule has 1 aromatic carbocycles. The number of H-pyrrole nitrogens is 1. The third-order valence-electron chi connectivity index (χ3n) is 4.54. The minimum absolute atomic E-state index is 0.112. The minimum Gasteiger partial charge on any atom is -0.505 e. The van der Waals surface area contributed by atoms with Crippen molar-refractivity contribution in [1.82, 2.24) is 19.9 Å². The third-order valence-corrected chi connectivity index (χ3v) is 5.12. The summed E-state index contributed by atoms with van der Waals surface area (Å²) in [6, 6.07) is 8.87. The van der Waals surface area contributed by atoms with E-state index in [2.05, 4.69) is 19.9 Å². The molecule has 0 atom stereocenters. The van der Waals surface area contributed by atoms with E-state index >= 15 is 0 Å². The van der Waals surface area contributed by atoms with Gasteiger partial charge in [-0.15, -0.1) is 0 Å². The molecule has 3 heterocycles. The second-order valence-electron chi connectivity index (χ2n) is 6.42. The molecule has 2 aromatic heterocycles. The van der Waals surface area contributed by atoms with E-state index in [1.165, 1.54) is 0 Å². The van der Waals surface area contributed by atoms with Crippen molar-refractivity contribution in [3.8, 4) is 17.3 Å². The molecule has 27 heavy (non-hydrogen) atoms. The standard InChI is InChI=1S/C19H16Cl2N4O2/c20-13-7-11(8-14(21)17(13)26)9-25-6-4-12-16(10-25)23-18(24-19(12)27)15-3-1-2-5-22-15/h1-3,5,7-8,26H,4,6,9-10H2,(H,23,24,27). The van der Waals surface area contributed by atoms with Gasteiger partial charge in [0.1, 0.15) is 5.69 Å². The van der Waals surface area contributed by atoms with Crippen LogP contribution in [0.15, 0.2) is 41.3 Å². The fourth-order valence-corrected chi connectivity index (χ4v) is 3.75. The molecule has 0 aliphatic carbocycles. The molecular formula is C19H16Cl2N4O2. The van der Waals surface area contributed by atoms with E-state index in [0.717, 1.165) is 17.8 Å². The first kappa shape index (κ1) is 18.0. The Balaban J connectivity index is 1.61. The minimum atomic E-state index is -0.115. The molecule has 138 valence electrons. The van der Waals surface area contributed by atoms with E-state index in [1.54, 1.807) is 18.3 Å². The molecule has 3 aromatic rings. The molecule has 6 nitrogen and oxygen atoms in total. The molecule has 1 aliphatic heterocycles. The SMILES string of the molecule is O=c1[nH]c(-c2ccccn2)nc2c1CCN(Cc1cc(Cl)c(O)c(Cl)c1)C2. The van der Waals surface area contributed by atoms with Crippen LogP contribution in [0.1, 0.15) is 16.8 Å². The van der Waals surface area contributed by atoms with Crippen LogP contribution in [0.5, 0.6) is 5.75 Å². The normalized spacial score (nSPS) is 14.1. The Morgan fingerprint density at radius 2 is 2.00 bits per heavy atom. The number of benzene rings is 1. The Labute approximate surface area is 165 Å². The molecule has 0 bridgehead atoms. The lowest BCUT2D eigenvalue weighted by atomic mass is 10.1. The summed E-state index contributed by atoms with van der Waals surface area (Å²) in [5.41, 5.74) is 2.87. The van der Waals surface area contributed by atoms with Gasteiger partial charge in [-0.05, 0) is 36.2 Å². The third kappa shape index (κ3) is 3.69. The summed E-state index contributed by atoms with van der Waals surface area (Å²) >= 11 is 12.0. The van der Waals surface area contributed by atoms with E-state index in [-0.39, 0.29) is 21.4 Å². The smallest absolute Gasteiger partial charge is 0.254 e. The predicted octanol–water partition coefficient (Wildman–Crippen LogP) is 3.40. The van der Waals surface area contributed by atoms with Crippen LogP contribution in [0.25, 0.3) is 11.5 Å². The molecule has 0 saturated heterocycles. The second-order valence-corrected chi connectivity index (χ2v) is 7.24. The van der Waals surface area contributed by atoms with Crippen molar-refractivity contribution in [2.75, 3.05) is 6.54 Å². The Morgan fingerprint density at radius 3 is 2.70 bits per heavy atom. The Hall–Kier alpha value is -2.41. The van der Waals surface area contributed by atoms with Gasteiger partial charge in [-0.1, -0.05) is 29.3 Å². The number of aromatic hydroxyl groups is 1. The topological polar surface area (TPSA) is 82.1 Å².